The molecule has 134 valence electrons. The van der Waals surface area contributed by atoms with E-state index in [0.717, 1.165) is 43.3 Å². The zero-order valence-corrected chi connectivity index (χ0v) is 14.0. The molecule has 2 aromatic rings. The lowest BCUT2D eigenvalue weighted by molar-refractivity contribution is -0.146. The number of thioether (sulfide) groups is 1. The summed E-state index contributed by atoms with van der Waals surface area (Å²) in [6.45, 7) is 1.56. The average Bonchev–Trinajstić information content (AvgIpc) is 3.22. The van der Waals surface area contributed by atoms with E-state index in [4.69, 9.17) is 5.84 Å². The van der Waals surface area contributed by atoms with Crippen LogP contribution in [-0.4, -0.2) is 38.8 Å². The Morgan fingerprint density at radius 2 is 1.80 bits per heavy atom. The van der Waals surface area contributed by atoms with Crippen molar-refractivity contribution >= 4 is 17.7 Å². The first-order valence-electron chi connectivity index (χ1n) is 7.65. The number of halogens is 3. The van der Waals surface area contributed by atoms with Gasteiger partial charge in [-0.1, -0.05) is 23.9 Å². The van der Waals surface area contributed by atoms with Crippen molar-refractivity contribution in [2.75, 3.05) is 18.9 Å². The Kier molecular flexibility index (Phi) is 4.89. The summed E-state index contributed by atoms with van der Waals surface area (Å²) in [5.74, 6) is 4.53. The molecule has 0 aliphatic carbocycles. The largest absolute Gasteiger partial charge is 0.453 e. The molecular formula is C15H16F3N5OS. The Morgan fingerprint density at radius 1 is 1.16 bits per heavy atom. The Hall–Kier alpha value is -2.23. The highest BCUT2D eigenvalue weighted by atomic mass is 32.2. The molecule has 10 heteroatoms. The third-order valence-corrected chi connectivity index (χ3v) is 4.89. The number of aromatic nitrogens is 3. The lowest BCUT2D eigenvalue weighted by Gasteiger charge is -2.15. The number of nitrogen functional groups attached to an aromatic ring is 1. The molecule has 1 aromatic heterocycles. The van der Waals surface area contributed by atoms with Gasteiger partial charge in [-0.05, 0) is 30.5 Å². The molecule has 1 saturated heterocycles. The van der Waals surface area contributed by atoms with Crippen molar-refractivity contribution < 1.29 is 18.0 Å². The van der Waals surface area contributed by atoms with E-state index in [0.29, 0.717) is 16.0 Å². The first kappa shape index (κ1) is 17.6. The van der Waals surface area contributed by atoms with Gasteiger partial charge in [0.05, 0.1) is 0 Å². The number of amides is 1. The third-order valence-electron chi connectivity index (χ3n) is 3.88. The Balaban J connectivity index is 1.62. The Morgan fingerprint density at radius 3 is 2.36 bits per heavy atom. The molecule has 0 bridgehead atoms. The Labute approximate surface area is 146 Å². The van der Waals surface area contributed by atoms with E-state index in [1.807, 2.05) is 4.90 Å². The van der Waals surface area contributed by atoms with Crippen molar-refractivity contribution in [1.29, 1.82) is 0 Å². The van der Waals surface area contributed by atoms with Crippen LogP contribution in [0, 0.1) is 0 Å². The standard InChI is InChI=1S/C15H16F3N5OS/c16-15(17,18)13-20-21-14(23(13)19)25-9-10-3-5-11(6-4-10)12(24)22-7-1-2-8-22/h3-6H,1-2,7-9,19H2. The van der Waals surface area contributed by atoms with Crippen molar-refractivity contribution in [3.63, 3.8) is 0 Å². The molecule has 0 radical (unpaired) electrons. The monoisotopic (exact) mass is 371 g/mol. The number of nitrogens with zero attached hydrogens (tertiary/aromatic N) is 4. The molecule has 0 saturated carbocycles. The van der Waals surface area contributed by atoms with Crippen LogP contribution in [0.3, 0.4) is 0 Å². The van der Waals surface area contributed by atoms with Crippen molar-refractivity contribution in [1.82, 2.24) is 19.8 Å². The molecule has 1 aromatic carbocycles. The van der Waals surface area contributed by atoms with Gasteiger partial charge in [-0.2, -0.15) is 13.2 Å². The predicted molar refractivity (Wildman–Crippen MR) is 86.3 cm³/mol. The van der Waals surface area contributed by atoms with E-state index in [2.05, 4.69) is 10.2 Å². The van der Waals surface area contributed by atoms with Crippen LogP contribution in [0.15, 0.2) is 29.4 Å². The number of nitrogens with two attached hydrogens (primary N) is 1. The maximum Gasteiger partial charge on any atom is 0.453 e. The van der Waals surface area contributed by atoms with Crippen LogP contribution in [-0.2, 0) is 11.9 Å². The van der Waals surface area contributed by atoms with E-state index in [1.165, 1.54) is 0 Å². The SMILES string of the molecule is Nn1c(SCc2ccc(C(=O)N3CCCC3)cc2)nnc1C(F)(F)F. The van der Waals surface area contributed by atoms with E-state index in [1.54, 1.807) is 24.3 Å². The van der Waals surface area contributed by atoms with Crippen molar-refractivity contribution in [2.45, 2.75) is 29.9 Å². The molecule has 3 rings (SSSR count). The molecule has 0 unspecified atom stereocenters. The topological polar surface area (TPSA) is 77.0 Å². The number of hydrogen-bond acceptors (Lipinski definition) is 5. The second-order valence-corrected chi connectivity index (χ2v) is 6.60. The summed E-state index contributed by atoms with van der Waals surface area (Å²) in [5.41, 5.74) is 1.46. The molecule has 6 nitrogen and oxygen atoms in total. The van der Waals surface area contributed by atoms with Gasteiger partial charge < -0.3 is 10.7 Å². The Bertz CT molecular complexity index is 754. The van der Waals surface area contributed by atoms with E-state index in [-0.39, 0.29) is 11.1 Å². The van der Waals surface area contributed by atoms with E-state index < -0.39 is 12.0 Å². The van der Waals surface area contributed by atoms with Gasteiger partial charge >= 0.3 is 6.18 Å². The highest BCUT2D eigenvalue weighted by molar-refractivity contribution is 7.98. The number of likely N-dealkylation sites (tertiary alicyclic amines) is 1. The number of hydrogen-bond donors (Lipinski definition) is 1. The molecule has 1 aliphatic rings. The van der Waals surface area contributed by atoms with Gasteiger partial charge in [0, 0.05) is 24.4 Å². The van der Waals surface area contributed by atoms with Gasteiger partial charge in [0.1, 0.15) is 0 Å². The zero-order chi connectivity index (χ0) is 18.0. The summed E-state index contributed by atoms with van der Waals surface area (Å²) in [4.78, 5) is 14.1. The number of carbonyl (C=O) groups excluding carboxylic acids is 1. The first-order chi connectivity index (χ1) is 11.9. The normalized spacial score (nSPS) is 14.9. The summed E-state index contributed by atoms with van der Waals surface area (Å²) in [5, 5.41) is 6.51. The van der Waals surface area contributed by atoms with Crippen molar-refractivity contribution in [3.05, 3.63) is 41.2 Å². The van der Waals surface area contributed by atoms with Crippen LogP contribution in [0.5, 0.6) is 0 Å². The summed E-state index contributed by atoms with van der Waals surface area (Å²) < 4.78 is 38.3. The molecule has 1 amide bonds. The molecule has 2 heterocycles. The van der Waals surface area contributed by atoms with Gasteiger partial charge in [-0.15, -0.1) is 10.2 Å². The molecule has 1 aliphatic heterocycles. The minimum Gasteiger partial charge on any atom is -0.339 e. The van der Waals surface area contributed by atoms with Crippen molar-refractivity contribution in [3.8, 4) is 0 Å². The van der Waals surface area contributed by atoms with Crippen molar-refractivity contribution in [2.24, 2.45) is 0 Å². The molecule has 2 N–H and O–H groups in total. The summed E-state index contributed by atoms with van der Waals surface area (Å²) in [7, 11) is 0. The van der Waals surface area contributed by atoms with Gasteiger partial charge in [0.2, 0.25) is 5.16 Å². The van der Waals surface area contributed by atoms with Crippen LogP contribution in [0.25, 0.3) is 0 Å². The second kappa shape index (κ2) is 6.95. The molecular weight excluding hydrogens is 355 g/mol. The van der Waals surface area contributed by atoms with Crippen LogP contribution >= 0.6 is 11.8 Å². The highest BCUT2D eigenvalue weighted by Gasteiger charge is 2.38. The van der Waals surface area contributed by atoms with E-state index in [9.17, 15) is 18.0 Å². The third kappa shape index (κ3) is 3.89. The summed E-state index contributed by atoms with van der Waals surface area (Å²) in [6.07, 6.45) is -2.58. The van der Waals surface area contributed by atoms with Gasteiger partial charge in [-0.3, -0.25) is 4.79 Å². The predicted octanol–water partition coefficient (Wildman–Crippen LogP) is 2.54. The minimum atomic E-state index is -4.64. The van der Waals surface area contributed by atoms with Gasteiger partial charge in [-0.25, -0.2) is 4.68 Å². The van der Waals surface area contributed by atoms with Crippen LogP contribution < -0.4 is 5.84 Å². The average molecular weight is 371 g/mol. The number of benzene rings is 1. The summed E-state index contributed by atoms with van der Waals surface area (Å²) in [6, 6.07) is 7.01. The zero-order valence-electron chi connectivity index (χ0n) is 13.2. The maximum atomic E-state index is 12.6. The smallest absolute Gasteiger partial charge is 0.339 e. The molecule has 0 atom stereocenters. The fourth-order valence-electron chi connectivity index (χ4n) is 2.56. The fraction of sp³-hybridized carbons (Fsp3) is 0.400. The quantitative estimate of drug-likeness (QED) is 0.660. The minimum absolute atomic E-state index is 0.00761. The highest BCUT2D eigenvalue weighted by Crippen LogP contribution is 2.29. The van der Waals surface area contributed by atoms with Gasteiger partial charge in [0.15, 0.2) is 0 Å². The number of alkyl halides is 3. The number of rotatable bonds is 4. The molecule has 0 spiro atoms. The second-order valence-electron chi connectivity index (χ2n) is 5.66. The maximum absolute atomic E-state index is 12.6. The first-order valence-corrected chi connectivity index (χ1v) is 8.63. The number of carbonyl (C=O) groups is 1. The fourth-order valence-corrected chi connectivity index (χ4v) is 3.38. The van der Waals surface area contributed by atoms with E-state index >= 15 is 0 Å². The van der Waals surface area contributed by atoms with Crippen LogP contribution in [0.2, 0.25) is 0 Å². The lowest BCUT2D eigenvalue weighted by Crippen LogP contribution is -2.27. The summed E-state index contributed by atoms with van der Waals surface area (Å²) >= 11 is 1.05. The van der Waals surface area contributed by atoms with Crippen LogP contribution in [0.4, 0.5) is 13.2 Å². The van der Waals surface area contributed by atoms with Crippen LogP contribution in [0.1, 0.15) is 34.6 Å². The molecule has 1 fully saturated rings. The van der Waals surface area contributed by atoms with Gasteiger partial charge in [0.25, 0.3) is 11.7 Å². The lowest BCUT2D eigenvalue weighted by atomic mass is 10.1. The molecule has 25 heavy (non-hydrogen) atoms.